The van der Waals surface area contributed by atoms with Crippen molar-refractivity contribution in [2.24, 2.45) is 0 Å². The van der Waals surface area contributed by atoms with Gasteiger partial charge in [0.1, 0.15) is 0 Å². The molecule has 1 aliphatic rings. The van der Waals surface area contributed by atoms with Crippen LogP contribution in [0.4, 0.5) is 16.2 Å². The van der Waals surface area contributed by atoms with Crippen LogP contribution in [0.2, 0.25) is 0 Å². The molecule has 2 aromatic carbocycles. The van der Waals surface area contributed by atoms with Crippen LogP contribution in [0.25, 0.3) is 0 Å². The van der Waals surface area contributed by atoms with Crippen molar-refractivity contribution in [3.05, 3.63) is 59.7 Å². The number of rotatable bonds is 6. The van der Waals surface area contributed by atoms with E-state index in [1.165, 1.54) is 6.42 Å². The highest BCUT2D eigenvalue weighted by molar-refractivity contribution is 6.01. The number of carbonyl (C=O) groups excluding carboxylic acids is 2. The summed E-state index contributed by atoms with van der Waals surface area (Å²) >= 11 is 0. The number of hydrogen-bond donors (Lipinski definition) is 3. The largest absolute Gasteiger partial charge is 0.377 e. The molecule has 6 heteroatoms. The van der Waals surface area contributed by atoms with Crippen LogP contribution in [-0.2, 0) is 6.54 Å². The SMILES string of the molecule is CN(C)c1ccc(NC(=O)NC2CCCCC2)cc1C(=O)NCc1ccccc1. The van der Waals surface area contributed by atoms with Crippen molar-refractivity contribution >= 4 is 23.3 Å². The molecule has 0 bridgehead atoms. The molecule has 3 N–H and O–H groups in total. The van der Waals surface area contributed by atoms with Gasteiger partial charge in [-0.2, -0.15) is 0 Å². The predicted molar refractivity (Wildman–Crippen MR) is 117 cm³/mol. The van der Waals surface area contributed by atoms with Crippen LogP contribution in [-0.4, -0.2) is 32.1 Å². The van der Waals surface area contributed by atoms with E-state index in [2.05, 4.69) is 16.0 Å². The van der Waals surface area contributed by atoms with Gasteiger partial charge in [0, 0.05) is 38.1 Å². The maximum atomic E-state index is 12.8. The molecule has 0 aromatic heterocycles. The van der Waals surface area contributed by atoms with Gasteiger partial charge in [-0.15, -0.1) is 0 Å². The standard InChI is InChI=1S/C23H30N4O2/c1-27(2)21-14-13-19(26-23(29)25-18-11-7-4-8-12-18)15-20(21)22(28)24-16-17-9-5-3-6-10-17/h3,5-6,9-10,13-15,18H,4,7-8,11-12,16H2,1-2H3,(H,24,28)(H2,25,26,29). The highest BCUT2D eigenvalue weighted by Gasteiger charge is 2.17. The zero-order valence-electron chi connectivity index (χ0n) is 17.2. The van der Waals surface area contributed by atoms with Crippen LogP contribution in [0.3, 0.4) is 0 Å². The molecule has 6 nitrogen and oxygen atoms in total. The van der Waals surface area contributed by atoms with E-state index in [1.54, 1.807) is 6.07 Å². The fourth-order valence-electron chi connectivity index (χ4n) is 3.66. The third kappa shape index (κ3) is 5.98. The van der Waals surface area contributed by atoms with Gasteiger partial charge in [-0.05, 0) is 36.6 Å². The second-order valence-electron chi connectivity index (χ2n) is 7.73. The molecule has 2 aromatic rings. The Morgan fingerprint density at radius 2 is 1.72 bits per heavy atom. The monoisotopic (exact) mass is 394 g/mol. The Kier molecular flexibility index (Phi) is 7.11. The van der Waals surface area contributed by atoms with Crippen LogP contribution < -0.4 is 20.9 Å². The van der Waals surface area contributed by atoms with Crippen LogP contribution in [0.15, 0.2) is 48.5 Å². The van der Waals surface area contributed by atoms with Crippen LogP contribution in [0.5, 0.6) is 0 Å². The van der Waals surface area contributed by atoms with E-state index < -0.39 is 0 Å². The molecule has 29 heavy (non-hydrogen) atoms. The van der Waals surface area contributed by atoms with E-state index in [1.807, 2.05) is 61.5 Å². The van der Waals surface area contributed by atoms with E-state index >= 15 is 0 Å². The molecule has 154 valence electrons. The first kappa shape index (κ1) is 20.7. The van der Waals surface area contributed by atoms with Gasteiger partial charge in [0.2, 0.25) is 0 Å². The van der Waals surface area contributed by atoms with Crippen molar-refractivity contribution in [3.63, 3.8) is 0 Å². The lowest BCUT2D eigenvalue weighted by molar-refractivity contribution is 0.0951. The molecule has 0 radical (unpaired) electrons. The van der Waals surface area contributed by atoms with Crippen molar-refractivity contribution in [2.45, 2.75) is 44.7 Å². The van der Waals surface area contributed by atoms with Gasteiger partial charge in [-0.25, -0.2) is 4.79 Å². The molecule has 3 amide bonds. The number of nitrogens with zero attached hydrogens (tertiary/aromatic N) is 1. The minimum absolute atomic E-state index is 0.172. The lowest BCUT2D eigenvalue weighted by Crippen LogP contribution is -2.39. The first-order valence-corrected chi connectivity index (χ1v) is 10.2. The van der Waals surface area contributed by atoms with Gasteiger partial charge in [-0.3, -0.25) is 4.79 Å². The highest BCUT2D eigenvalue weighted by atomic mass is 16.2. The zero-order chi connectivity index (χ0) is 20.6. The number of hydrogen-bond acceptors (Lipinski definition) is 3. The summed E-state index contributed by atoms with van der Waals surface area (Å²) in [7, 11) is 3.79. The van der Waals surface area contributed by atoms with Gasteiger partial charge < -0.3 is 20.9 Å². The van der Waals surface area contributed by atoms with Gasteiger partial charge in [0.15, 0.2) is 0 Å². The maximum absolute atomic E-state index is 12.8. The Balaban J connectivity index is 1.67. The van der Waals surface area contributed by atoms with Gasteiger partial charge in [0.05, 0.1) is 5.56 Å². The predicted octanol–water partition coefficient (Wildman–Crippen LogP) is 4.14. The molecule has 0 unspecified atom stereocenters. The Labute approximate surface area is 172 Å². The molecular formula is C23H30N4O2. The second-order valence-corrected chi connectivity index (χ2v) is 7.73. The third-order valence-electron chi connectivity index (χ3n) is 5.22. The normalized spacial score (nSPS) is 14.1. The minimum atomic E-state index is -0.217. The number of anilines is 2. The summed E-state index contributed by atoms with van der Waals surface area (Å²) in [6.07, 6.45) is 5.62. The van der Waals surface area contributed by atoms with Crippen molar-refractivity contribution < 1.29 is 9.59 Å². The molecule has 0 atom stereocenters. The van der Waals surface area contributed by atoms with E-state index in [0.29, 0.717) is 17.8 Å². The number of amides is 3. The van der Waals surface area contributed by atoms with E-state index in [0.717, 1.165) is 36.9 Å². The Hall–Kier alpha value is -3.02. The quantitative estimate of drug-likeness (QED) is 0.689. The summed E-state index contributed by atoms with van der Waals surface area (Å²) in [6, 6.07) is 15.2. The maximum Gasteiger partial charge on any atom is 0.319 e. The Morgan fingerprint density at radius 1 is 1.00 bits per heavy atom. The molecule has 0 saturated heterocycles. The lowest BCUT2D eigenvalue weighted by Gasteiger charge is -2.23. The zero-order valence-corrected chi connectivity index (χ0v) is 17.2. The fraction of sp³-hybridized carbons (Fsp3) is 0.391. The number of carbonyl (C=O) groups is 2. The van der Waals surface area contributed by atoms with Gasteiger partial charge in [-0.1, -0.05) is 49.6 Å². The molecule has 1 aliphatic carbocycles. The van der Waals surface area contributed by atoms with Gasteiger partial charge in [0.25, 0.3) is 5.91 Å². The second kappa shape index (κ2) is 9.96. The first-order chi connectivity index (χ1) is 14.0. The summed E-state index contributed by atoms with van der Waals surface area (Å²) < 4.78 is 0. The highest BCUT2D eigenvalue weighted by Crippen LogP contribution is 2.23. The Bertz CT molecular complexity index is 830. The molecule has 0 aliphatic heterocycles. The molecule has 1 fully saturated rings. The number of urea groups is 1. The molecular weight excluding hydrogens is 364 g/mol. The van der Waals surface area contributed by atoms with Crippen LogP contribution in [0.1, 0.15) is 48.0 Å². The van der Waals surface area contributed by atoms with Gasteiger partial charge >= 0.3 is 6.03 Å². The Morgan fingerprint density at radius 3 is 2.41 bits per heavy atom. The number of benzene rings is 2. The summed E-state index contributed by atoms with van der Waals surface area (Å²) in [5.74, 6) is -0.172. The summed E-state index contributed by atoms with van der Waals surface area (Å²) in [4.78, 5) is 27.1. The van der Waals surface area contributed by atoms with E-state index in [-0.39, 0.29) is 18.0 Å². The molecule has 0 heterocycles. The fourth-order valence-corrected chi connectivity index (χ4v) is 3.66. The average molecular weight is 395 g/mol. The lowest BCUT2D eigenvalue weighted by atomic mass is 9.96. The summed E-state index contributed by atoms with van der Waals surface area (Å²) in [5.41, 5.74) is 2.97. The van der Waals surface area contributed by atoms with Crippen LogP contribution in [0, 0.1) is 0 Å². The summed E-state index contributed by atoms with van der Waals surface area (Å²) in [6.45, 7) is 0.451. The van der Waals surface area contributed by atoms with Crippen molar-refractivity contribution in [1.82, 2.24) is 10.6 Å². The van der Waals surface area contributed by atoms with E-state index in [9.17, 15) is 9.59 Å². The minimum Gasteiger partial charge on any atom is -0.377 e. The number of nitrogens with one attached hydrogen (secondary N) is 3. The van der Waals surface area contributed by atoms with Crippen molar-refractivity contribution in [3.8, 4) is 0 Å². The smallest absolute Gasteiger partial charge is 0.319 e. The third-order valence-corrected chi connectivity index (χ3v) is 5.22. The van der Waals surface area contributed by atoms with E-state index in [4.69, 9.17) is 0 Å². The molecule has 1 saturated carbocycles. The average Bonchev–Trinajstić information content (AvgIpc) is 2.73. The van der Waals surface area contributed by atoms with Crippen molar-refractivity contribution in [2.75, 3.05) is 24.3 Å². The molecule has 0 spiro atoms. The topological polar surface area (TPSA) is 73.5 Å². The van der Waals surface area contributed by atoms with Crippen LogP contribution >= 0.6 is 0 Å². The first-order valence-electron chi connectivity index (χ1n) is 10.2. The summed E-state index contributed by atoms with van der Waals surface area (Å²) in [5, 5.41) is 8.88. The van der Waals surface area contributed by atoms with Crippen molar-refractivity contribution in [1.29, 1.82) is 0 Å². The molecule has 3 rings (SSSR count).